The zero-order chi connectivity index (χ0) is 14.5. The van der Waals surface area contributed by atoms with Gasteiger partial charge in [-0.15, -0.1) is 11.8 Å². The SMILES string of the molecule is O=C(CSc1cccc(F)c1)Cc1cc(Br)ccc1F. The molecule has 0 amide bonds. The van der Waals surface area contributed by atoms with Crippen LogP contribution in [0.25, 0.3) is 0 Å². The van der Waals surface area contributed by atoms with E-state index in [0.29, 0.717) is 10.5 Å². The van der Waals surface area contributed by atoms with Crippen molar-refractivity contribution in [2.75, 3.05) is 5.75 Å². The van der Waals surface area contributed by atoms with E-state index in [9.17, 15) is 13.6 Å². The van der Waals surface area contributed by atoms with E-state index in [1.165, 1.54) is 30.0 Å². The van der Waals surface area contributed by atoms with Gasteiger partial charge in [0.25, 0.3) is 0 Å². The van der Waals surface area contributed by atoms with E-state index in [0.717, 1.165) is 4.47 Å². The summed E-state index contributed by atoms with van der Waals surface area (Å²) in [6.45, 7) is 0. The first-order valence-corrected chi connectivity index (χ1v) is 7.66. The van der Waals surface area contributed by atoms with E-state index >= 15 is 0 Å². The second kappa shape index (κ2) is 6.99. The molecule has 2 rings (SSSR count). The minimum atomic E-state index is -0.391. The average molecular weight is 357 g/mol. The minimum absolute atomic E-state index is 0.0353. The van der Waals surface area contributed by atoms with Crippen LogP contribution < -0.4 is 0 Å². The molecule has 0 saturated heterocycles. The Labute approximate surface area is 128 Å². The predicted octanol–water partition coefficient (Wildman–Crippen LogP) is 4.63. The molecule has 0 fully saturated rings. The van der Waals surface area contributed by atoms with E-state index in [4.69, 9.17) is 0 Å². The Morgan fingerprint density at radius 1 is 1.15 bits per heavy atom. The van der Waals surface area contributed by atoms with Crippen LogP contribution in [0, 0.1) is 11.6 Å². The van der Waals surface area contributed by atoms with Crippen LogP contribution in [-0.4, -0.2) is 11.5 Å². The molecule has 0 atom stereocenters. The molecule has 0 aliphatic carbocycles. The Kier molecular flexibility index (Phi) is 5.31. The average Bonchev–Trinajstić information content (AvgIpc) is 2.41. The second-order valence-corrected chi connectivity index (χ2v) is 6.16. The van der Waals surface area contributed by atoms with E-state index < -0.39 is 5.82 Å². The summed E-state index contributed by atoms with van der Waals surface area (Å²) >= 11 is 4.49. The van der Waals surface area contributed by atoms with Gasteiger partial charge in [-0.1, -0.05) is 22.0 Å². The van der Waals surface area contributed by atoms with Crippen molar-refractivity contribution in [1.29, 1.82) is 0 Å². The van der Waals surface area contributed by atoms with Gasteiger partial charge in [0.2, 0.25) is 0 Å². The molecule has 0 radical (unpaired) electrons. The minimum Gasteiger partial charge on any atom is -0.298 e. The number of benzene rings is 2. The Morgan fingerprint density at radius 2 is 1.95 bits per heavy atom. The van der Waals surface area contributed by atoms with Gasteiger partial charge >= 0.3 is 0 Å². The quantitative estimate of drug-likeness (QED) is 0.726. The normalized spacial score (nSPS) is 10.6. The Morgan fingerprint density at radius 3 is 2.70 bits per heavy atom. The first-order valence-electron chi connectivity index (χ1n) is 5.88. The molecule has 0 N–H and O–H groups in total. The Balaban J connectivity index is 1.94. The molecule has 104 valence electrons. The highest BCUT2D eigenvalue weighted by Crippen LogP contribution is 2.20. The molecule has 0 unspecified atom stereocenters. The highest BCUT2D eigenvalue weighted by molar-refractivity contribution is 9.10. The highest BCUT2D eigenvalue weighted by Gasteiger charge is 2.09. The third kappa shape index (κ3) is 4.42. The van der Waals surface area contributed by atoms with Crippen LogP contribution in [0.3, 0.4) is 0 Å². The van der Waals surface area contributed by atoms with Gasteiger partial charge < -0.3 is 0 Å². The third-order valence-electron chi connectivity index (χ3n) is 2.59. The van der Waals surface area contributed by atoms with Gasteiger partial charge in [0.05, 0.1) is 5.75 Å². The molecule has 0 bridgehead atoms. The molecule has 1 nitrogen and oxygen atoms in total. The molecule has 0 aromatic heterocycles. The summed E-state index contributed by atoms with van der Waals surface area (Å²) in [6, 6.07) is 10.6. The number of carbonyl (C=O) groups is 1. The summed E-state index contributed by atoms with van der Waals surface area (Å²) in [5.41, 5.74) is 0.365. The lowest BCUT2D eigenvalue weighted by atomic mass is 10.1. The van der Waals surface area contributed by atoms with Crippen molar-refractivity contribution in [3.63, 3.8) is 0 Å². The smallest absolute Gasteiger partial charge is 0.147 e. The molecular formula is C15H11BrF2OS. The molecule has 0 spiro atoms. The van der Waals surface area contributed by atoms with Gasteiger partial charge in [0.15, 0.2) is 0 Å². The molecule has 2 aromatic carbocycles. The summed E-state index contributed by atoms with van der Waals surface area (Å²) in [5, 5.41) is 0. The van der Waals surface area contributed by atoms with E-state index in [1.54, 1.807) is 24.3 Å². The number of ketones is 1. The fourth-order valence-corrected chi connectivity index (χ4v) is 2.87. The molecular weight excluding hydrogens is 346 g/mol. The summed E-state index contributed by atoms with van der Waals surface area (Å²) < 4.78 is 27.2. The summed E-state index contributed by atoms with van der Waals surface area (Å²) in [4.78, 5) is 12.5. The fraction of sp³-hybridized carbons (Fsp3) is 0.133. The van der Waals surface area contributed by atoms with Crippen LogP contribution in [0.2, 0.25) is 0 Å². The molecule has 0 heterocycles. The third-order valence-corrected chi connectivity index (χ3v) is 4.14. The second-order valence-electron chi connectivity index (χ2n) is 4.20. The van der Waals surface area contributed by atoms with Gasteiger partial charge in [0, 0.05) is 15.8 Å². The van der Waals surface area contributed by atoms with E-state index in [2.05, 4.69) is 15.9 Å². The zero-order valence-corrected chi connectivity index (χ0v) is 12.8. The number of halogens is 3. The summed E-state index contributed by atoms with van der Waals surface area (Å²) in [6.07, 6.45) is 0.0353. The Bertz CT molecular complexity index is 631. The lowest BCUT2D eigenvalue weighted by Gasteiger charge is -2.04. The maximum absolute atomic E-state index is 13.5. The maximum Gasteiger partial charge on any atom is 0.147 e. The first kappa shape index (κ1) is 15.2. The van der Waals surface area contributed by atoms with E-state index in [1.807, 2.05) is 0 Å². The predicted molar refractivity (Wildman–Crippen MR) is 79.9 cm³/mol. The van der Waals surface area contributed by atoms with Crippen molar-refractivity contribution in [1.82, 2.24) is 0 Å². The monoisotopic (exact) mass is 356 g/mol. The fourth-order valence-electron chi connectivity index (χ4n) is 1.66. The Hall–Kier alpha value is -1.20. The topological polar surface area (TPSA) is 17.1 Å². The van der Waals surface area contributed by atoms with Crippen molar-refractivity contribution in [3.05, 3.63) is 64.1 Å². The molecule has 0 saturated carbocycles. The van der Waals surface area contributed by atoms with Crippen LogP contribution in [0.5, 0.6) is 0 Å². The van der Waals surface area contributed by atoms with Crippen LogP contribution in [0.4, 0.5) is 8.78 Å². The summed E-state index contributed by atoms with van der Waals surface area (Å²) in [7, 11) is 0. The molecule has 0 aliphatic heterocycles. The number of hydrogen-bond donors (Lipinski definition) is 0. The van der Waals surface area contributed by atoms with Crippen molar-refractivity contribution in [3.8, 4) is 0 Å². The van der Waals surface area contributed by atoms with Crippen molar-refractivity contribution in [2.45, 2.75) is 11.3 Å². The number of carbonyl (C=O) groups excluding carboxylic acids is 1. The van der Waals surface area contributed by atoms with Crippen molar-refractivity contribution < 1.29 is 13.6 Å². The van der Waals surface area contributed by atoms with Crippen LogP contribution in [0.1, 0.15) is 5.56 Å². The van der Waals surface area contributed by atoms with Crippen LogP contribution in [-0.2, 0) is 11.2 Å². The number of Topliss-reactive ketones (excluding diaryl/α,β-unsaturated/α-hetero) is 1. The van der Waals surface area contributed by atoms with Gasteiger partial charge in [-0.3, -0.25) is 4.79 Å². The maximum atomic E-state index is 13.5. The van der Waals surface area contributed by atoms with Gasteiger partial charge in [-0.25, -0.2) is 8.78 Å². The van der Waals surface area contributed by atoms with Crippen LogP contribution in [0.15, 0.2) is 51.8 Å². The lowest BCUT2D eigenvalue weighted by Crippen LogP contribution is -2.07. The lowest BCUT2D eigenvalue weighted by molar-refractivity contribution is -0.116. The van der Waals surface area contributed by atoms with Gasteiger partial charge in [-0.2, -0.15) is 0 Å². The zero-order valence-electron chi connectivity index (χ0n) is 10.4. The van der Waals surface area contributed by atoms with Crippen molar-refractivity contribution in [2.24, 2.45) is 0 Å². The summed E-state index contributed by atoms with van der Waals surface area (Å²) in [5.74, 6) is -0.635. The van der Waals surface area contributed by atoms with Crippen LogP contribution >= 0.6 is 27.7 Å². The number of thioether (sulfide) groups is 1. The largest absolute Gasteiger partial charge is 0.298 e. The standard InChI is InChI=1S/C15H11BrF2OS/c16-11-4-5-15(18)10(6-11)7-13(19)9-20-14-3-1-2-12(17)8-14/h1-6,8H,7,9H2. The molecule has 2 aromatic rings. The molecule has 0 aliphatic rings. The molecule has 5 heteroatoms. The molecule has 20 heavy (non-hydrogen) atoms. The number of rotatable bonds is 5. The van der Waals surface area contributed by atoms with Crippen molar-refractivity contribution >= 4 is 33.5 Å². The number of hydrogen-bond acceptors (Lipinski definition) is 2. The first-order chi connectivity index (χ1) is 9.54. The van der Waals surface area contributed by atoms with E-state index in [-0.39, 0.29) is 23.8 Å². The van der Waals surface area contributed by atoms with Gasteiger partial charge in [0.1, 0.15) is 17.4 Å². The van der Waals surface area contributed by atoms with Gasteiger partial charge in [-0.05, 0) is 42.0 Å². The highest BCUT2D eigenvalue weighted by atomic mass is 79.9.